The normalized spacial score (nSPS) is 11.5. The van der Waals surface area contributed by atoms with Crippen LogP contribution in [0.15, 0.2) is 65.5 Å². The summed E-state index contributed by atoms with van der Waals surface area (Å²) in [6, 6.07) is 13.6. The van der Waals surface area contributed by atoms with Crippen LogP contribution in [0.2, 0.25) is 0 Å². The number of alkyl halides is 3. The molecule has 0 aliphatic carbocycles. The van der Waals surface area contributed by atoms with Crippen LogP contribution in [0.3, 0.4) is 0 Å². The number of amides is 2. The van der Waals surface area contributed by atoms with Gasteiger partial charge in [0.15, 0.2) is 0 Å². The van der Waals surface area contributed by atoms with Gasteiger partial charge in [-0.3, -0.25) is 9.59 Å². The summed E-state index contributed by atoms with van der Waals surface area (Å²) in [5.41, 5.74) is 11.7. The molecule has 0 radical (unpaired) electrons. The van der Waals surface area contributed by atoms with Gasteiger partial charge in [0, 0.05) is 12.3 Å². The molecule has 8 nitrogen and oxygen atoms in total. The molecule has 176 valence electrons. The molecule has 0 aliphatic rings. The van der Waals surface area contributed by atoms with E-state index >= 15 is 0 Å². The highest BCUT2D eigenvalue weighted by Crippen LogP contribution is 2.31. The van der Waals surface area contributed by atoms with Crippen molar-refractivity contribution in [2.45, 2.75) is 19.0 Å². The van der Waals surface area contributed by atoms with E-state index in [-0.39, 0.29) is 29.3 Å². The number of nitrogens with one attached hydrogen (secondary N) is 1. The summed E-state index contributed by atoms with van der Waals surface area (Å²) in [6.07, 6.45) is -2.09. The zero-order valence-corrected chi connectivity index (χ0v) is 17.6. The minimum absolute atomic E-state index is 0.0584. The summed E-state index contributed by atoms with van der Waals surface area (Å²) in [5.74, 6) is -1.70. The molecule has 0 atom stereocenters. The third-order valence-corrected chi connectivity index (χ3v) is 4.33. The molecule has 0 saturated heterocycles. The topological polar surface area (TPSA) is 123 Å². The number of benzene rings is 2. The Kier molecular flexibility index (Phi) is 8.84. The van der Waals surface area contributed by atoms with Crippen LogP contribution in [0.1, 0.15) is 22.3 Å². The number of hydrogen-bond donors (Lipinski definition) is 3. The van der Waals surface area contributed by atoms with E-state index in [1.807, 2.05) is 30.3 Å². The maximum Gasteiger partial charge on any atom is 0.405 e. The van der Waals surface area contributed by atoms with Gasteiger partial charge in [0.25, 0.3) is 11.8 Å². The van der Waals surface area contributed by atoms with Crippen molar-refractivity contribution >= 4 is 24.2 Å². The van der Waals surface area contributed by atoms with Gasteiger partial charge < -0.3 is 21.5 Å². The van der Waals surface area contributed by atoms with E-state index in [1.165, 1.54) is 18.2 Å². The monoisotopic (exact) mass is 463 g/mol. The Hall–Kier alpha value is -4.02. The quantitative estimate of drug-likeness (QED) is 0.205. The van der Waals surface area contributed by atoms with Crippen LogP contribution < -0.4 is 26.5 Å². The number of anilines is 1. The minimum Gasteiger partial charge on any atom is -0.491 e. The molecular formula is C22H24F3N5O3. The highest BCUT2D eigenvalue weighted by Gasteiger charge is 2.28. The van der Waals surface area contributed by atoms with Crippen LogP contribution in [0.4, 0.5) is 18.9 Å². The Bertz CT molecular complexity index is 1010. The molecule has 11 heteroatoms. The molecule has 2 rings (SSSR count). The fourth-order valence-corrected chi connectivity index (χ4v) is 2.73. The largest absolute Gasteiger partial charge is 0.491 e. The molecule has 0 aliphatic heterocycles. The fourth-order valence-electron chi connectivity index (χ4n) is 2.73. The van der Waals surface area contributed by atoms with Crippen LogP contribution in [-0.4, -0.2) is 37.9 Å². The number of halogens is 3. The number of hydrogen-bond acceptors (Lipinski definition) is 6. The first-order valence-corrected chi connectivity index (χ1v) is 9.79. The lowest BCUT2D eigenvalue weighted by atomic mass is 10.1. The number of primary amides is 1. The standard InChI is InChI=1S/C22H24F3N5O3/c1-28-30(13-17(26)20(27)31)18-10-9-16(21(32)29-14-22(23,24)25)12-19(18)33-11-5-8-15-6-3-2-4-7-15/h2-4,6-7,9-10,12-13H,1,5,8,11,14,26H2,(H2,27,31)(H,29,32)/b17-13-. The van der Waals surface area contributed by atoms with Crippen LogP contribution in [0.25, 0.3) is 0 Å². The number of rotatable bonds is 11. The summed E-state index contributed by atoms with van der Waals surface area (Å²) >= 11 is 0. The molecule has 0 spiro atoms. The Morgan fingerprint density at radius 3 is 2.45 bits per heavy atom. The van der Waals surface area contributed by atoms with Crippen LogP contribution >= 0.6 is 0 Å². The summed E-state index contributed by atoms with van der Waals surface area (Å²) < 4.78 is 43.1. The van der Waals surface area contributed by atoms with Gasteiger partial charge >= 0.3 is 6.18 Å². The van der Waals surface area contributed by atoms with E-state index in [1.54, 1.807) is 5.32 Å². The number of ether oxygens (including phenoxy) is 1. The first-order valence-electron chi connectivity index (χ1n) is 9.79. The zero-order valence-electron chi connectivity index (χ0n) is 17.6. The van der Waals surface area contributed by atoms with Gasteiger partial charge in [0.05, 0.1) is 12.8 Å². The van der Waals surface area contributed by atoms with Crippen molar-refractivity contribution in [3.05, 3.63) is 71.6 Å². The number of nitrogens with zero attached hydrogens (tertiary/aromatic N) is 2. The summed E-state index contributed by atoms with van der Waals surface area (Å²) in [7, 11) is 0. The van der Waals surface area contributed by atoms with Crippen molar-refractivity contribution in [2.24, 2.45) is 16.6 Å². The van der Waals surface area contributed by atoms with Gasteiger partial charge in [0.2, 0.25) is 0 Å². The predicted octanol–water partition coefficient (Wildman–Crippen LogP) is 2.70. The average molecular weight is 463 g/mol. The van der Waals surface area contributed by atoms with Gasteiger partial charge in [-0.1, -0.05) is 30.3 Å². The highest BCUT2D eigenvalue weighted by atomic mass is 19.4. The molecular weight excluding hydrogens is 439 g/mol. The van der Waals surface area contributed by atoms with E-state index in [0.717, 1.165) is 23.2 Å². The first-order chi connectivity index (χ1) is 15.6. The van der Waals surface area contributed by atoms with Crippen LogP contribution in [0, 0.1) is 0 Å². The molecule has 0 heterocycles. The number of carbonyl (C=O) groups is 2. The van der Waals surface area contributed by atoms with E-state index in [4.69, 9.17) is 16.2 Å². The Balaban J connectivity index is 2.25. The van der Waals surface area contributed by atoms with Gasteiger partial charge in [-0.05, 0) is 36.6 Å². The fraction of sp³-hybridized carbons (Fsp3) is 0.227. The van der Waals surface area contributed by atoms with Gasteiger partial charge in [-0.2, -0.15) is 18.3 Å². The summed E-state index contributed by atoms with van der Waals surface area (Å²) in [4.78, 5) is 23.4. The summed E-state index contributed by atoms with van der Waals surface area (Å²) in [6.45, 7) is 2.16. The molecule has 0 fully saturated rings. The van der Waals surface area contributed by atoms with Crippen molar-refractivity contribution in [2.75, 3.05) is 18.2 Å². The Labute approximate surface area is 188 Å². The van der Waals surface area contributed by atoms with Crippen molar-refractivity contribution in [1.29, 1.82) is 0 Å². The van der Waals surface area contributed by atoms with E-state index < -0.39 is 24.5 Å². The third kappa shape index (κ3) is 8.20. The lowest BCUT2D eigenvalue weighted by Gasteiger charge is -2.20. The Morgan fingerprint density at radius 2 is 1.85 bits per heavy atom. The lowest BCUT2D eigenvalue weighted by molar-refractivity contribution is -0.123. The second-order valence-electron chi connectivity index (χ2n) is 6.85. The second-order valence-corrected chi connectivity index (χ2v) is 6.85. The molecule has 2 aromatic rings. The van der Waals surface area contributed by atoms with Gasteiger partial charge in [-0.15, -0.1) is 0 Å². The number of aryl methyl sites for hydroxylation is 1. The molecule has 0 bridgehead atoms. The van der Waals surface area contributed by atoms with E-state index in [9.17, 15) is 22.8 Å². The van der Waals surface area contributed by atoms with Crippen molar-refractivity contribution < 1.29 is 27.5 Å². The van der Waals surface area contributed by atoms with Gasteiger partial charge in [-0.25, -0.2) is 5.01 Å². The molecule has 2 aromatic carbocycles. The highest BCUT2D eigenvalue weighted by molar-refractivity contribution is 5.95. The van der Waals surface area contributed by atoms with Crippen molar-refractivity contribution in [3.63, 3.8) is 0 Å². The molecule has 5 N–H and O–H groups in total. The maximum atomic E-state index is 12.4. The predicted molar refractivity (Wildman–Crippen MR) is 119 cm³/mol. The molecule has 0 unspecified atom stereocenters. The number of hydrazone groups is 1. The van der Waals surface area contributed by atoms with Crippen LogP contribution in [-0.2, 0) is 11.2 Å². The molecule has 0 aromatic heterocycles. The maximum absolute atomic E-state index is 12.4. The molecule has 0 saturated carbocycles. The zero-order chi connectivity index (χ0) is 24.4. The first kappa shape index (κ1) is 25.2. The second kappa shape index (κ2) is 11.6. The molecule has 2 amide bonds. The smallest absolute Gasteiger partial charge is 0.405 e. The van der Waals surface area contributed by atoms with Crippen molar-refractivity contribution in [1.82, 2.24) is 5.32 Å². The SMILES string of the molecule is C=NN(/C=C(\N)C(N)=O)c1ccc(C(=O)NCC(F)(F)F)cc1OCCCc1ccccc1. The van der Waals surface area contributed by atoms with E-state index in [2.05, 4.69) is 11.8 Å². The summed E-state index contributed by atoms with van der Waals surface area (Å²) in [5, 5.41) is 6.67. The van der Waals surface area contributed by atoms with Crippen molar-refractivity contribution in [3.8, 4) is 5.75 Å². The number of carbonyl (C=O) groups excluding carboxylic acids is 2. The number of nitrogens with two attached hydrogens (primary N) is 2. The third-order valence-electron chi connectivity index (χ3n) is 4.33. The average Bonchev–Trinajstić information content (AvgIpc) is 2.78. The Morgan fingerprint density at radius 1 is 1.15 bits per heavy atom. The van der Waals surface area contributed by atoms with E-state index in [0.29, 0.717) is 6.42 Å². The van der Waals surface area contributed by atoms with Crippen LogP contribution in [0.5, 0.6) is 5.75 Å². The van der Waals surface area contributed by atoms with Gasteiger partial charge in [0.1, 0.15) is 23.7 Å². The lowest BCUT2D eigenvalue weighted by Crippen LogP contribution is -2.33. The molecule has 33 heavy (non-hydrogen) atoms. The minimum atomic E-state index is -4.55.